The topological polar surface area (TPSA) is 63.1 Å². The number of carbonyl (C=O) groups is 1. The molecule has 1 heterocycles. The van der Waals surface area contributed by atoms with E-state index in [2.05, 4.69) is 9.97 Å². The average molecular weight is 228 g/mol. The first-order valence-corrected chi connectivity index (χ1v) is 5.21. The summed E-state index contributed by atoms with van der Waals surface area (Å²) in [7, 11) is 0. The number of aryl methyl sites for hydroxylation is 2. The third-order valence-corrected chi connectivity index (χ3v) is 2.54. The summed E-state index contributed by atoms with van der Waals surface area (Å²) in [5.74, 6) is -1.06. The molecule has 0 aliphatic rings. The van der Waals surface area contributed by atoms with E-state index in [-0.39, 0.29) is 5.69 Å². The fraction of sp³-hybridized carbons (Fsp3) is 0.154. The van der Waals surface area contributed by atoms with Gasteiger partial charge in [0.05, 0.1) is 18.1 Å². The van der Waals surface area contributed by atoms with E-state index in [9.17, 15) is 4.79 Å². The zero-order valence-electron chi connectivity index (χ0n) is 9.64. The maximum Gasteiger partial charge on any atom is 0.356 e. The third kappa shape index (κ3) is 2.30. The van der Waals surface area contributed by atoms with Crippen molar-refractivity contribution >= 4 is 5.97 Å². The summed E-state index contributed by atoms with van der Waals surface area (Å²) in [4.78, 5) is 18.7. The molecule has 4 heteroatoms. The number of benzene rings is 1. The number of nitrogens with zero attached hydrogens (tertiary/aromatic N) is 2. The second-order valence-corrected chi connectivity index (χ2v) is 3.91. The Morgan fingerprint density at radius 2 is 1.94 bits per heavy atom. The van der Waals surface area contributed by atoms with Gasteiger partial charge in [-0.25, -0.2) is 9.78 Å². The van der Waals surface area contributed by atoms with E-state index in [1.54, 1.807) is 0 Å². The van der Waals surface area contributed by atoms with Gasteiger partial charge in [-0.3, -0.25) is 4.98 Å². The minimum absolute atomic E-state index is 0.0425. The molecule has 0 saturated heterocycles. The number of carboxylic acids is 1. The van der Waals surface area contributed by atoms with Crippen LogP contribution in [0.4, 0.5) is 0 Å². The summed E-state index contributed by atoms with van der Waals surface area (Å²) in [6.07, 6.45) is 2.77. The van der Waals surface area contributed by atoms with Crippen LogP contribution in [0.3, 0.4) is 0 Å². The molecule has 0 amide bonds. The number of hydrogen-bond acceptors (Lipinski definition) is 3. The first-order chi connectivity index (χ1) is 8.08. The molecule has 1 aromatic carbocycles. The van der Waals surface area contributed by atoms with E-state index in [1.807, 2.05) is 32.0 Å². The maximum atomic E-state index is 10.7. The van der Waals surface area contributed by atoms with E-state index in [0.29, 0.717) is 5.69 Å². The molecule has 2 rings (SSSR count). The van der Waals surface area contributed by atoms with E-state index < -0.39 is 5.97 Å². The Bertz CT molecular complexity index is 562. The van der Waals surface area contributed by atoms with Crippen molar-refractivity contribution in [2.75, 3.05) is 0 Å². The Morgan fingerprint density at radius 1 is 1.18 bits per heavy atom. The van der Waals surface area contributed by atoms with E-state index in [0.717, 1.165) is 16.7 Å². The number of aromatic nitrogens is 2. The summed E-state index contributed by atoms with van der Waals surface area (Å²) >= 11 is 0. The lowest BCUT2D eigenvalue weighted by atomic mass is 10.0. The molecule has 0 unspecified atom stereocenters. The van der Waals surface area contributed by atoms with Gasteiger partial charge < -0.3 is 5.11 Å². The highest BCUT2D eigenvalue weighted by Gasteiger charge is 2.07. The van der Waals surface area contributed by atoms with Gasteiger partial charge in [-0.2, -0.15) is 0 Å². The van der Waals surface area contributed by atoms with Crippen LogP contribution in [-0.4, -0.2) is 21.0 Å². The molecule has 4 nitrogen and oxygen atoms in total. The van der Waals surface area contributed by atoms with Gasteiger partial charge in [0.2, 0.25) is 0 Å². The monoisotopic (exact) mass is 228 g/mol. The van der Waals surface area contributed by atoms with Crippen LogP contribution in [0.15, 0.2) is 30.6 Å². The van der Waals surface area contributed by atoms with Crippen molar-refractivity contribution in [1.29, 1.82) is 0 Å². The molecule has 1 aromatic heterocycles. The summed E-state index contributed by atoms with van der Waals surface area (Å²) in [6.45, 7) is 3.99. The molecule has 2 aromatic rings. The fourth-order valence-electron chi connectivity index (χ4n) is 1.59. The lowest BCUT2D eigenvalue weighted by Crippen LogP contribution is -2.01. The van der Waals surface area contributed by atoms with E-state index in [1.165, 1.54) is 12.4 Å². The van der Waals surface area contributed by atoms with Crippen LogP contribution in [0.1, 0.15) is 21.6 Å². The maximum absolute atomic E-state index is 10.7. The third-order valence-electron chi connectivity index (χ3n) is 2.54. The van der Waals surface area contributed by atoms with Gasteiger partial charge in [-0.05, 0) is 25.5 Å². The van der Waals surface area contributed by atoms with Crippen molar-refractivity contribution in [3.05, 3.63) is 47.4 Å². The molecule has 0 saturated carbocycles. The van der Waals surface area contributed by atoms with Gasteiger partial charge in [0.25, 0.3) is 0 Å². The van der Waals surface area contributed by atoms with Crippen molar-refractivity contribution in [3.8, 4) is 11.3 Å². The first kappa shape index (κ1) is 11.3. The Morgan fingerprint density at radius 3 is 2.53 bits per heavy atom. The van der Waals surface area contributed by atoms with Gasteiger partial charge in [0, 0.05) is 5.56 Å². The van der Waals surface area contributed by atoms with Gasteiger partial charge in [-0.15, -0.1) is 0 Å². The van der Waals surface area contributed by atoms with Crippen molar-refractivity contribution in [1.82, 2.24) is 9.97 Å². The summed E-state index contributed by atoms with van der Waals surface area (Å²) in [5.41, 5.74) is 3.85. The number of carboxylic acid groups (broad SMARTS) is 1. The van der Waals surface area contributed by atoms with Crippen LogP contribution >= 0.6 is 0 Å². The van der Waals surface area contributed by atoms with Crippen LogP contribution in [0.2, 0.25) is 0 Å². The molecule has 86 valence electrons. The molecule has 0 aliphatic carbocycles. The molecule has 0 aliphatic heterocycles. The first-order valence-electron chi connectivity index (χ1n) is 5.21. The molecular weight excluding hydrogens is 216 g/mol. The molecule has 1 N–H and O–H groups in total. The summed E-state index contributed by atoms with van der Waals surface area (Å²) in [6, 6.07) is 6.05. The Labute approximate surface area is 99.0 Å². The van der Waals surface area contributed by atoms with Crippen LogP contribution in [0.5, 0.6) is 0 Å². The number of aromatic carboxylic acids is 1. The van der Waals surface area contributed by atoms with E-state index >= 15 is 0 Å². The highest BCUT2D eigenvalue weighted by atomic mass is 16.4. The highest BCUT2D eigenvalue weighted by Crippen LogP contribution is 2.21. The molecule has 0 spiro atoms. The lowest BCUT2D eigenvalue weighted by molar-refractivity contribution is 0.0690. The van der Waals surface area contributed by atoms with Crippen molar-refractivity contribution in [2.45, 2.75) is 13.8 Å². The van der Waals surface area contributed by atoms with Crippen molar-refractivity contribution in [3.63, 3.8) is 0 Å². The zero-order chi connectivity index (χ0) is 12.4. The zero-order valence-corrected chi connectivity index (χ0v) is 9.64. The molecule has 0 bridgehead atoms. The Balaban J connectivity index is 2.46. The SMILES string of the molecule is Cc1ccc(C)c(-c2cnc(C(=O)O)cn2)c1. The van der Waals surface area contributed by atoms with Gasteiger partial charge in [0.15, 0.2) is 5.69 Å². The predicted molar refractivity (Wildman–Crippen MR) is 63.9 cm³/mol. The number of rotatable bonds is 2. The minimum Gasteiger partial charge on any atom is -0.476 e. The standard InChI is InChI=1S/C13H12N2O2/c1-8-3-4-9(2)10(5-8)11-6-15-12(7-14-11)13(16)17/h3-7H,1-2H3,(H,16,17). The molecular formula is C13H12N2O2. The van der Waals surface area contributed by atoms with Crippen LogP contribution in [0, 0.1) is 13.8 Å². The second kappa shape index (κ2) is 4.33. The van der Waals surface area contributed by atoms with Crippen molar-refractivity contribution in [2.24, 2.45) is 0 Å². The van der Waals surface area contributed by atoms with Crippen LogP contribution < -0.4 is 0 Å². The van der Waals surface area contributed by atoms with Crippen LogP contribution in [-0.2, 0) is 0 Å². The van der Waals surface area contributed by atoms with Gasteiger partial charge in [0.1, 0.15) is 0 Å². The average Bonchev–Trinajstić information content (AvgIpc) is 2.32. The largest absolute Gasteiger partial charge is 0.476 e. The van der Waals surface area contributed by atoms with E-state index in [4.69, 9.17) is 5.11 Å². The molecule has 0 radical (unpaired) electrons. The quantitative estimate of drug-likeness (QED) is 0.857. The summed E-state index contributed by atoms with van der Waals surface area (Å²) < 4.78 is 0. The molecule has 0 fully saturated rings. The predicted octanol–water partition coefficient (Wildman–Crippen LogP) is 2.46. The Hall–Kier alpha value is -2.23. The molecule has 17 heavy (non-hydrogen) atoms. The van der Waals surface area contributed by atoms with Gasteiger partial charge in [-0.1, -0.05) is 17.7 Å². The number of hydrogen-bond donors (Lipinski definition) is 1. The minimum atomic E-state index is -1.06. The normalized spacial score (nSPS) is 10.2. The van der Waals surface area contributed by atoms with Crippen molar-refractivity contribution < 1.29 is 9.90 Å². The van der Waals surface area contributed by atoms with Gasteiger partial charge >= 0.3 is 5.97 Å². The highest BCUT2D eigenvalue weighted by molar-refractivity contribution is 5.85. The van der Waals surface area contributed by atoms with Crippen LogP contribution in [0.25, 0.3) is 11.3 Å². The molecule has 0 atom stereocenters. The summed E-state index contributed by atoms with van der Waals surface area (Å²) in [5, 5.41) is 8.74. The lowest BCUT2D eigenvalue weighted by Gasteiger charge is -2.06. The second-order valence-electron chi connectivity index (χ2n) is 3.91. The fourth-order valence-corrected chi connectivity index (χ4v) is 1.59. The smallest absolute Gasteiger partial charge is 0.356 e. The Kier molecular flexibility index (Phi) is 2.87.